The highest BCUT2D eigenvalue weighted by Crippen LogP contribution is 2.44. The van der Waals surface area contributed by atoms with Crippen molar-refractivity contribution in [2.24, 2.45) is 12.8 Å². The molecule has 4 nitrogen and oxygen atoms in total. The van der Waals surface area contributed by atoms with Crippen molar-refractivity contribution in [3.8, 4) is 0 Å². The molecule has 72 valence electrons. The van der Waals surface area contributed by atoms with Crippen LogP contribution in [0.3, 0.4) is 0 Å². The summed E-state index contributed by atoms with van der Waals surface area (Å²) in [5.41, 5.74) is 7.01. The van der Waals surface area contributed by atoms with Crippen LogP contribution in [-0.2, 0) is 12.5 Å². The molecule has 0 amide bonds. The van der Waals surface area contributed by atoms with Gasteiger partial charge in [0.15, 0.2) is 0 Å². The Morgan fingerprint density at radius 3 is 2.77 bits per heavy atom. The van der Waals surface area contributed by atoms with Crippen LogP contribution in [0.1, 0.15) is 31.4 Å². The van der Waals surface area contributed by atoms with E-state index in [0.29, 0.717) is 0 Å². The van der Waals surface area contributed by atoms with Crippen molar-refractivity contribution in [3.05, 3.63) is 11.9 Å². The van der Waals surface area contributed by atoms with Crippen molar-refractivity contribution in [2.45, 2.75) is 31.1 Å². The summed E-state index contributed by atoms with van der Waals surface area (Å²) >= 11 is 0. The van der Waals surface area contributed by atoms with Gasteiger partial charge in [-0.15, -0.1) is 5.10 Å². The van der Waals surface area contributed by atoms with E-state index in [1.165, 1.54) is 19.3 Å². The Bertz CT molecular complexity index is 288. The summed E-state index contributed by atoms with van der Waals surface area (Å²) < 4.78 is 1.77. The monoisotopic (exact) mass is 180 g/mol. The van der Waals surface area contributed by atoms with Gasteiger partial charge in [-0.3, -0.25) is 4.68 Å². The lowest BCUT2D eigenvalue weighted by Gasteiger charge is -2.40. The van der Waals surface area contributed by atoms with E-state index in [4.69, 9.17) is 5.73 Å². The van der Waals surface area contributed by atoms with Crippen LogP contribution in [0.5, 0.6) is 0 Å². The van der Waals surface area contributed by atoms with E-state index in [1.807, 2.05) is 13.2 Å². The lowest BCUT2D eigenvalue weighted by Crippen LogP contribution is -2.36. The molecule has 2 rings (SSSR count). The van der Waals surface area contributed by atoms with Crippen molar-refractivity contribution in [2.75, 3.05) is 6.54 Å². The molecule has 0 saturated heterocycles. The van der Waals surface area contributed by atoms with Gasteiger partial charge in [-0.2, -0.15) is 0 Å². The Hall–Kier alpha value is -0.900. The zero-order valence-electron chi connectivity index (χ0n) is 8.03. The van der Waals surface area contributed by atoms with Crippen LogP contribution in [0, 0.1) is 0 Å². The smallest absolute Gasteiger partial charge is 0.0889 e. The van der Waals surface area contributed by atoms with Gasteiger partial charge < -0.3 is 5.73 Å². The van der Waals surface area contributed by atoms with Crippen LogP contribution in [0.4, 0.5) is 0 Å². The lowest BCUT2D eigenvalue weighted by molar-refractivity contribution is 0.222. The topological polar surface area (TPSA) is 56.7 Å². The summed E-state index contributed by atoms with van der Waals surface area (Å²) in [5.74, 6) is 0. The Morgan fingerprint density at radius 1 is 1.62 bits per heavy atom. The molecule has 0 aromatic carbocycles. The summed E-state index contributed by atoms with van der Waals surface area (Å²) in [7, 11) is 1.91. The van der Waals surface area contributed by atoms with Gasteiger partial charge in [0.1, 0.15) is 0 Å². The molecule has 1 fully saturated rings. The molecular weight excluding hydrogens is 164 g/mol. The van der Waals surface area contributed by atoms with Crippen LogP contribution in [0.25, 0.3) is 0 Å². The average molecular weight is 180 g/mol. The number of nitrogens with zero attached hydrogens (tertiary/aromatic N) is 3. The first-order chi connectivity index (χ1) is 6.27. The number of rotatable bonds is 3. The molecule has 0 spiro atoms. The first kappa shape index (κ1) is 8.69. The minimum atomic E-state index is 0.267. The third kappa shape index (κ3) is 1.35. The Morgan fingerprint density at radius 2 is 2.38 bits per heavy atom. The first-order valence-electron chi connectivity index (χ1n) is 4.84. The van der Waals surface area contributed by atoms with E-state index in [1.54, 1.807) is 4.68 Å². The van der Waals surface area contributed by atoms with E-state index in [0.717, 1.165) is 18.7 Å². The van der Waals surface area contributed by atoms with Gasteiger partial charge in [0.05, 0.1) is 5.69 Å². The number of aryl methyl sites for hydroxylation is 1. The minimum absolute atomic E-state index is 0.267. The fraction of sp³-hybridized carbons (Fsp3) is 0.778. The summed E-state index contributed by atoms with van der Waals surface area (Å²) in [6.45, 7) is 0.747. The van der Waals surface area contributed by atoms with E-state index >= 15 is 0 Å². The quantitative estimate of drug-likeness (QED) is 0.740. The molecule has 0 radical (unpaired) electrons. The number of hydrogen-bond donors (Lipinski definition) is 1. The van der Waals surface area contributed by atoms with Gasteiger partial charge in [-0.25, -0.2) is 0 Å². The average Bonchev–Trinajstić information content (AvgIpc) is 2.44. The maximum absolute atomic E-state index is 5.61. The zero-order chi connectivity index (χ0) is 9.31. The zero-order valence-corrected chi connectivity index (χ0v) is 8.03. The molecular formula is C9H16N4. The summed E-state index contributed by atoms with van der Waals surface area (Å²) in [5, 5.41) is 8.16. The summed E-state index contributed by atoms with van der Waals surface area (Å²) in [6.07, 6.45) is 6.82. The van der Waals surface area contributed by atoms with Crippen LogP contribution in [-0.4, -0.2) is 21.5 Å². The Balaban J connectivity index is 2.21. The number of nitrogens with two attached hydrogens (primary N) is 1. The van der Waals surface area contributed by atoms with E-state index < -0.39 is 0 Å². The number of aromatic nitrogens is 3. The highest BCUT2D eigenvalue weighted by atomic mass is 15.4. The summed E-state index contributed by atoms with van der Waals surface area (Å²) in [4.78, 5) is 0. The molecule has 13 heavy (non-hydrogen) atoms. The van der Waals surface area contributed by atoms with Gasteiger partial charge in [-0.05, 0) is 25.8 Å². The first-order valence-corrected chi connectivity index (χ1v) is 4.84. The fourth-order valence-corrected chi connectivity index (χ4v) is 2.10. The van der Waals surface area contributed by atoms with Gasteiger partial charge in [0.2, 0.25) is 0 Å². The van der Waals surface area contributed by atoms with Crippen LogP contribution in [0.15, 0.2) is 6.20 Å². The molecule has 1 heterocycles. The van der Waals surface area contributed by atoms with Gasteiger partial charge in [-0.1, -0.05) is 11.6 Å². The van der Waals surface area contributed by atoms with Crippen molar-refractivity contribution in [3.63, 3.8) is 0 Å². The van der Waals surface area contributed by atoms with Crippen molar-refractivity contribution < 1.29 is 0 Å². The maximum Gasteiger partial charge on any atom is 0.0889 e. The molecule has 1 aromatic heterocycles. The molecule has 0 aliphatic heterocycles. The second-order valence-corrected chi connectivity index (χ2v) is 3.95. The van der Waals surface area contributed by atoms with E-state index in [-0.39, 0.29) is 5.41 Å². The molecule has 1 aromatic rings. The predicted octanol–water partition coefficient (Wildman–Crippen LogP) is 0.586. The van der Waals surface area contributed by atoms with Gasteiger partial charge in [0, 0.05) is 18.7 Å². The fourth-order valence-electron chi connectivity index (χ4n) is 2.10. The molecule has 0 unspecified atom stereocenters. The normalized spacial score (nSPS) is 19.8. The molecule has 4 heteroatoms. The molecule has 1 aliphatic carbocycles. The lowest BCUT2D eigenvalue weighted by atomic mass is 9.65. The Labute approximate surface area is 78.1 Å². The predicted molar refractivity (Wildman–Crippen MR) is 50.2 cm³/mol. The molecule has 0 atom stereocenters. The standard InChI is InChI=1S/C9H16N4/c1-13-7-8(11-12-13)9(5-6-10)3-2-4-9/h7H,2-6,10H2,1H3. The maximum atomic E-state index is 5.61. The highest BCUT2D eigenvalue weighted by molar-refractivity contribution is 5.16. The molecule has 2 N–H and O–H groups in total. The van der Waals surface area contributed by atoms with Gasteiger partial charge >= 0.3 is 0 Å². The Kier molecular flexibility index (Phi) is 2.07. The molecule has 1 aliphatic rings. The van der Waals surface area contributed by atoms with E-state index in [9.17, 15) is 0 Å². The van der Waals surface area contributed by atoms with Crippen LogP contribution in [0.2, 0.25) is 0 Å². The van der Waals surface area contributed by atoms with E-state index in [2.05, 4.69) is 10.3 Å². The van der Waals surface area contributed by atoms with Crippen molar-refractivity contribution in [1.29, 1.82) is 0 Å². The van der Waals surface area contributed by atoms with Crippen LogP contribution < -0.4 is 5.73 Å². The highest BCUT2D eigenvalue weighted by Gasteiger charge is 2.40. The molecule has 0 bridgehead atoms. The number of hydrogen-bond acceptors (Lipinski definition) is 3. The minimum Gasteiger partial charge on any atom is -0.330 e. The third-order valence-electron chi connectivity index (χ3n) is 3.08. The largest absolute Gasteiger partial charge is 0.330 e. The third-order valence-corrected chi connectivity index (χ3v) is 3.08. The molecule has 1 saturated carbocycles. The SMILES string of the molecule is Cn1cc(C2(CCN)CCC2)nn1. The summed E-state index contributed by atoms with van der Waals surface area (Å²) in [6, 6.07) is 0. The van der Waals surface area contributed by atoms with Crippen LogP contribution >= 0.6 is 0 Å². The van der Waals surface area contributed by atoms with Crippen molar-refractivity contribution >= 4 is 0 Å². The second-order valence-electron chi connectivity index (χ2n) is 3.95. The van der Waals surface area contributed by atoms with Crippen molar-refractivity contribution in [1.82, 2.24) is 15.0 Å². The van der Waals surface area contributed by atoms with Gasteiger partial charge in [0.25, 0.3) is 0 Å². The second kappa shape index (κ2) is 3.10.